The van der Waals surface area contributed by atoms with E-state index in [2.05, 4.69) is 47.6 Å². The molecule has 0 unspecified atom stereocenters. The second-order valence-corrected chi connectivity index (χ2v) is 10.5. The van der Waals surface area contributed by atoms with Gasteiger partial charge >= 0.3 is 0 Å². The van der Waals surface area contributed by atoms with Crippen LogP contribution in [0.5, 0.6) is 5.75 Å². The van der Waals surface area contributed by atoms with Crippen molar-refractivity contribution in [1.29, 1.82) is 5.26 Å². The lowest BCUT2D eigenvalue weighted by Gasteiger charge is -2.65. The number of rotatable bonds is 4. The average molecular weight is 438 g/mol. The van der Waals surface area contributed by atoms with Gasteiger partial charge in [0.25, 0.3) is 5.91 Å². The lowest BCUT2D eigenvalue weighted by molar-refractivity contribution is -0.199. The molecule has 4 rings (SSSR count). The molecule has 2 aliphatic rings. The molecule has 1 saturated carbocycles. The van der Waals surface area contributed by atoms with Gasteiger partial charge in [-0.25, -0.2) is 0 Å². The van der Waals surface area contributed by atoms with Gasteiger partial charge in [0, 0.05) is 28.6 Å². The van der Waals surface area contributed by atoms with Gasteiger partial charge in [0.2, 0.25) is 0 Å². The first-order chi connectivity index (χ1) is 14.5. The monoisotopic (exact) mass is 437 g/mol. The Morgan fingerprint density at radius 1 is 1.19 bits per heavy atom. The summed E-state index contributed by atoms with van der Waals surface area (Å²) in [6.07, 6.45) is -0.121. The van der Waals surface area contributed by atoms with E-state index in [1.54, 1.807) is 18.2 Å². The number of carbonyl (C=O) groups excluding carboxylic acids is 1. The molecule has 5 nitrogen and oxygen atoms in total. The van der Waals surface area contributed by atoms with Gasteiger partial charge in [0.1, 0.15) is 17.9 Å². The smallest absolute Gasteiger partial charge is 0.256 e. The van der Waals surface area contributed by atoms with E-state index in [4.69, 9.17) is 26.6 Å². The molecule has 1 aromatic carbocycles. The van der Waals surface area contributed by atoms with Crippen molar-refractivity contribution in [3.63, 3.8) is 0 Å². The molecule has 1 fully saturated rings. The normalized spacial score (nSPS) is 23.3. The van der Waals surface area contributed by atoms with Gasteiger partial charge < -0.3 is 9.64 Å². The molecule has 1 aliphatic carbocycles. The van der Waals surface area contributed by atoms with Crippen LogP contribution in [0.1, 0.15) is 74.8 Å². The van der Waals surface area contributed by atoms with Crippen LogP contribution in [0.2, 0.25) is 5.02 Å². The third-order valence-corrected chi connectivity index (χ3v) is 7.10. The second kappa shape index (κ2) is 7.24. The van der Waals surface area contributed by atoms with Crippen molar-refractivity contribution in [2.45, 2.75) is 66.2 Å². The standard InChI is InChI=1S/C25H28ClN3O2/c1-14(2)19-10-9-17-20(28-19)13-29(21(17)30)22-24(3,4)23(25(22,5)6)31-16-8-7-15(12-27)18(26)11-16/h7-11,14,22-23H,13H2,1-6H3. The zero-order valence-corrected chi connectivity index (χ0v) is 19.6. The van der Waals surface area contributed by atoms with Gasteiger partial charge in [0.15, 0.2) is 0 Å². The summed E-state index contributed by atoms with van der Waals surface area (Å²) in [6.45, 7) is 13.3. The first kappa shape index (κ1) is 21.6. The number of benzene rings is 1. The Kier molecular flexibility index (Phi) is 5.05. The van der Waals surface area contributed by atoms with Gasteiger partial charge in [-0.3, -0.25) is 9.78 Å². The number of fused-ring (bicyclic) bond motifs is 1. The average Bonchev–Trinajstić information content (AvgIpc) is 3.00. The maximum Gasteiger partial charge on any atom is 0.256 e. The molecular weight excluding hydrogens is 410 g/mol. The molecule has 0 N–H and O–H groups in total. The van der Waals surface area contributed by atoms with Crippen molar-refractivity contribution in [3.8, 4) is 11.8 Å². The number of ether oxygens (including phenoxy) is 1. The van der Waals surface area contributed by atoms with Gasteiger partial charge in [-0.2, -0.15) is 5.26 Å². The summed E-state index contributed by atoms with van der Waals surface area (Å²) in [5, 5.41) is 9.48. The lowest BCUT2D eigenvalue weighted by Crippen LogP contribution is -2.74. The van der Waals surface area contributed by atoms with Crippen molar-refractivity contribution >= 4 is 17.5 Å². The fourth-order valence-corrected chi connectivity index (χ4v) is 5.98. The Bertz CT molecular complexity index is 1080. The van der Waals surface area contributed by atoms with Crippen LogP contribution in [-0.4, -0.2) is 27.9 Å². The molecule has 1 aromatic heterocycles. The molecule has 31 heavy (non-hydrogen) atoms. The molecule has 162 valence electrons. The third-order valence-electron chi connectivity index (χ3n) is 6.79. The van der Waals surface area contributed by atoms with Crippen LogP contribution >= 0.6 is 11.6 Å². The minimum atomic E-state index is -0.275. The van der Waals surface area contributed by atoms with Crippen LogP contribution in [0.25, 0.3) is 0 Å². The molecule has 1 amide bonds. The molecule has 0 bridgehead atoms. The van der Waals surface area contributed by atoms with Crippen molar-refractivity contribution < 1.29 is 9.53 Å². The lowest BCUT2D eigenvalue weighted by atomic mass is 9.49. The molecule has 2 heterocycles. The number of carbonyl (C=O) groups is 1. The summed E-state index contributed by atoms with van der Waals surface area (Å²) in [5.41, 5.74) is 2.46. The van der Waals surface area contributed by atoms with Gasteiger partial charge in [0.05, 0.1) is 28.4 Å². The molecule has 0 saturated heterocycles. The topological polar surface area (TPSA) is 66.2 Å². The molecule has 0 radical (unpaired) electrons. The number of pyridine rings is 1. The van der Waals surface area contributed by atoms with E-state index in [0.29, 0.717) is 34.4 Å². The SMILES string of the molecule is CC(C)c1ccc2c(n1)CN(C1C(C)(C)C(Oc3ccc(C#N)c(Cl)c3)C1(C)C)C2=O. The van der Waals surface area contributed by atoms with Gasteiger partial charge in [-0.05, 0) is 30.2 Å². The summed E-state index contributed by atoms with van der Waals surface area (Å²) in [7, 11) is 0. The molecule has 0 atom stereocenters. The third kappa shape index (κ3) is 3.29. The van der Waals surface area contributed by atoms with E-state index in [1.807, 2.05) is 17.0 Å². The number of nitrogens with zero attached hydrogens (tertiary/aromatic N) is 3. The summed E-state index contributed by atoms with van der Waals surface area (Å²) < 4.78 is 6.37. The number of aromatic nitrogens is 1. The van der Waals surface area contributed by atoms with Crippen LogP contribution in [0.15, 0.2) is 30.3 Å². The Hall–Kier alpha value is -2.58. The fourth-order valence-electron chi connectivity index (χ4n) is 5.76. The Labute approximate surface area is 189 Å². The summed E-state index contributed by atoms with van der Waals surface area (Å²) >= 11 is 6.19. The molecule has 6 heteroatoms. The first-order valence-corrected chi connectivity index (χ1v) is 11.0. The fraction of sp³-hybridized carbons (Fsp3) is 0.480. The largest absolute Gasteiger partial charge is 0.489 e. The van der Waals surface area contributed by atoms with Crippen LogP contribution in [0, 0.1) is 22.2 Å². The molecule has 1 aliphatic heterocycles. The predicted molar refractivity (Wildman–Crippen MR) is 120 cm³/mol. The van der Waals surface area contributed by atoms with Crippen LogP contribution in [-0.2, 0) is 6.54 Å². The quantitative estimate of drug-likeness (QED) is 0.627. The van der Waals surface area contributed by atoms with Crippen LogP contribution in [0.3, 0.4) is 0 Å². The zero-order chi connectivity index (χ0) is 22.7. The summed E-state index contributed by atoms with van der Waals surface area (Å²) in [5.74, 6) is 1.000. The molecule has 0 spiro atoms. The number of amides is 1. The van der Waals surface area contributed by atoms with E-state index >= 15 is 0 Å². The number of nitriles is 1. The highest BCUT2D eigenvalue weighted by molar-refractivity contribution is 6.31. The Morgan fingerprint density at radius 3 is 2.45 bits per heavy atom. The van der Waals surface area contributed by atoms with Gasteiger partial charge in [-0.1, -0.05) is 53.1 Å². The highest BCUT2D eigenvalue weighted by Gasteiger charge is 2.67. The van der Waals surface area contributed by atoms with E-state index < -0.39 is 0 Å². The van der Waals surface area contributed by atoms with Crippen molar-refractivity contribution in [3.05, 3.63) is 57.9 Å². The number of hydrogen-bond acceptors (Lipinski definition) is 4. The molecular formula is C25H28ClN3O2. The van der Waals surface area contributed by atoms with Crippen LogP contribution < -0.4 is 4.74 Å². The van der Waals surface area contributed by atoms with Gasteiger partial charge in [-0.15, -0.1) is 0 Å². The Balaban J connectivity index is 1.59. The zero-order valence-electron chi connectivity index (χ0n) is 18.9. The number of hydrogen-bond donors (Lipinski definition) is 0. The molecule has 2 aromatic rings. The minimum Gasteiger partial charge on any atom is -0.489 e. The predicted octanol–water partition coefficient (Wildman–Crippen LogP) is 5.57. The summed E-state index contributed by atoms with van der Waals surface area (Å²) in [4.78, 5) is 20.0. The highest BCUT2D eigenvalue weighted by atomic mass is 35.5. The van der Waals surface area contributed by atoms with E-state index in [-0.39, 0.29) is 28.9 Å². The second-order valence-electron chi connectivity index (χ2n) is 10.1. The van der Waals surface area contributed by atoms with E-state index in [1.165, 1.54) is 0 Å². The van der Waals surface area contributed by atoms with E-state index in [0.717, 1.165) is 11.4 Å². The first-order valence-electron chi connectivity index (χ1n) is 10.7. The Morgan fingerprint density at radius 2 is 1.87 bits per heavy atom. The highest BCUT2D eigenvalue weighted by Crippen LogP contribution is 2.59. The van der Waals surface area contributed by atoms with E-state index in [9.17, 15) is 4.79 Å². The van der Waals surface area contributed by atoms with Crippen LogP contribution in [0.4, 0.5) is 0 Å². The van der Waals surface area contributed by atoms with Crippen molar-refractivity contribution in [2.75, 3.05) is 0 Å². The van der Waals surface area contributed by atoms with Crippen molar-refractivity contribution in [2.24, 2.45) is 10.8 Å². The number of halogens is 1. The summed E-state index contributed by atoms with van der Waals surface area (Å²) in [6, 6.07) is 11.1. The maximum absolute atomic E-state index is 13.3. The van der Waals surface area contributed by atoms with Crippen molar-refractivity contribution in [1.82, 2.24) is 9.88 Å². The maximum atomic E-state index is 13.3. The minimum absolute atomic E-state index is 0.00283.